The molecular weight excluding hydrogens is 211 g/mol. The molecule has 0 bridgehead atoms. The second-order valence-corrected chi connectivity index (χ2v) is 3.18. The summed E-state index contributed by atoms with van der Waals surface area (Å²) in [5.74, 6) is 0.0979. The number of hydrogen-bond donors (Lipinski definition) is 1. The van der Waals surface area contributed by atoms with E-state index in [1.165, 1.54) is 22.9 Å². The molecule has 0 saturated carbocycles. The molecule has 0 aliphatic heterocycles. The summed E-state index contributed by atoms with van der Waals surface area (Å²) in [5.41, 5.74) is -0.270. The number of nitrogens with zero attached hydrogens (tertiary/aromatic N) is 3. The van der Waals surface area contributed by atoms with E-state index in [9.17, 15) is 9.18 Å². The summed E-state index contributed by atoms with van der Waals surface area (Å²) in [6.07, 6.45) is 4.11. The largest absolute Gasteiger partial charge is 0.320 e. The summed E-state index contributed by atoms with van der Waals surface area (Å²) in [7, 11) is 1.62. The maximum atomic E-state index is 12.6. The van der Waals surface area contributed by atoms with Gasteiger partial charge in [0.05, 0.1) is 6.20 Å². The van der Waals surface area contributed by atoms with Crippen LogP contribution in [0.1, 0.15) is 0 Å². The van der Waals surface area contributed by atoms with Crippen molar-refractivity contribution >= 4 is 11.6 Å². The standard InChI is InChI=1S/C10H9FN4O/c1-15-5-4-12-9(10(15)16)14-8-3-2-7(11)6-13-8/h2-6H,1H3,(H,12,13,14). The lowest BCUT2D eigenvalue weighted by atomic mass is 10.4. The van der Waals surface area contributed by atoms with Crippen molar-refractivity contribution in [1.82, 2.24) is 14.5 Å². The first kappa shape index (κ1) is 10.3. The molecule has 2 rings (SSSR count). The van der Waals surface area contributed by atoms with Crippen LogP contribution >= 0.6 is 0 Å². The van der Waals surface area contributed by atoms with Gasteiger partial charge in [-0.05, 0) is 12.1 Å². The minimum Gasteiger partial charge on any atom is -0.320 e. The molecule has 16 heavy (non-hydrogen) atoms. The van der Waals surface area contributed by atoms with Gasteiger partial charge in [-0.2, -0.15) is 0 Å². The number of aryl methyl sites for hydroxylation is 1. The Labute approximate surface area is 90.6 Å². The molecule has 0 saturated heterocycles. The first-order valence-electron chi connectivity index (χ1n) is 4.57. The Morgan fingerprint density at radius 1 is 1.38 bits per heavy atom. The Kier molecular flexibility index (Phi) is 2.63. The molecule has 2 heterocycles. The van der Waals surface area contributed by atoms with E-state index in [0.717, 1.165) is 6.20 Å². The maximum Gasteiger partial charge on any atom is 0.293 e. The van der Waals surface area contributed by atoms with Crippen LogP contribution in [-0.4, -0.2) is 14.5 Å². The fourth-order valence-electron chi connectivity index (χ4n) is 1.15. The summed E-state index contributed by atoms with van der Waals surface area (Å²) >= 11 is 0. The molecule has 0 fully saturated rings. The number of nitrogens with one attached hydrogen (secondary N) is 1. The predicted molar refractivity (Wildman–Crippen MR) is 57.0 cm³/mol. The highest BCUT2D eigenvalue weighted by atomic mass is 19.1. The van der Waals surface area contributed by atoms with Crippen molar-refractivity contribution in [2.45, 2.75) is 0 Å². The lowest BCUT2D eigenvalue weighted by Gasteiger charge is -2.04. The molecule has 0 unspecified atom stereocenters. The third-order valence-corrected chi connectivity index (χ3v) is 1.99. The van der Waals surface area contributed by atoms with Gasteiger partial charge in [0.1, 0.15) is 11.6 Å². The fraction of sp³-hybridized carbons (Fsp3) is 0.100. The Morgan fingerprint density at radius 2 is 2.19 bits per heavy atom. The summed E-state index contributed by atoms with van der Waals surface area (Å²) in [6, 6.07) is 2.69. The smallest absolute Gasteiger partial charge is 0.293 e. The van der Waals surface area contributed by atoms with Gasteiger partial charge >= 0.3 is 0 Å². The van der Waals surface area contributed by atoms with Gasteiger partial charge < -0.3 is 9.88 Å². The van der Waals surface area contributed by atoms with Crippen LogP contribution in [0.2, 0.25) is 0 Å². The summed E-state index contributed by atoms with van der Waals surface area (Å²) in [5, 5.41) is 2.72. The second kappa shape index (κ2) is 4.09. The first-order valence-corrected chi connectivity index (χ1v) is 4.57. The molecule has 0 aliphatic rings. The average Bonchev–Trinajstić information content (AvgIpc) is 2.28. The van der Waals surface area contributed by atoms with Crippen LogP contribution in [0.3, 0.4) is 0 Å². The number of hydrogen-bond acceptors (Lipinski definition) is 4. The van der Waals surface area contributed by atoms with Gasteiger partial charge in [-0.25, -0.2) is 14.4 Å². The minimum atomic E-state index is -0.431. The van der Waals surface area contributed by atoms with Crippen LogP contribution < -0.4 is 10.9 Å². The number of aromatic nitrogens is 3. The predicted octanol–water partition coefficient (Wildman–Crippen LogP) is 1.06. The monoisotopic (exact) mass is 220 g/mol. The average molecular weight is 220 g/mol. The lowest BCUT2D eigenvalue weighted by molar-refractivity contribution is 0.622. The number of halogens is 1. The molecule has 0 amide bonds. The van der Waals surface area contributed by atoms with Gasteiger partial charge in [0.2, 0.25) is 0 Å². The highest BCUT2D eigenvalue weighted by Gasteiger charge is 2.03. The van der Waals surface area contributed by atoms with E-state index in [1.54, 1.807) is 13.2 Å². The topological polar surface area (TPSA) is 59.8 Å². The molecule has 5 nitrogen and oxygen atoms in total. The first-order chi connectivity index (χ1) is 7.66. The van der Waals surface area contributed by atoms with E-state index in [2.05, 4.69) is 15.3 Å². The van der Waals surface area contributed by atoms with Crippen LogP contribution in [0.15, 0.2) is 35.5 Å². The van der Waals surface area contributed by atoms with Crippen LogP contribution in [0.4, 0.5) is 16.0 Å². The number of anilines is 2. The van der Waals surface area contributed by atoms with Crippen molar-refractivity contribution in [3.8, 4) is 0 Å². The van der Waals surface area contributed by atoms with Gasteiger partial charge in [-0.1, -0.05) is 0 Å². The van der Waals surface area contributed by atoms with Crippen LogP contribution in [0, 0.1) is 5.82 Å². The van der Waals surface area contributed by atoms with Gasteiger partial charge in [0.15, 0.2) is 5.82 Å². The molecule has 6 heteroatoms. The van der Waals surface area contributed by atoms with E-state index in [1.807, 2.05) is 0 Å². The molecule has 0 spiro atoms. The third-order valence-electron chi connectivity index (χ3n) is 1.99. The lowest BCUT2D eigenvalue weighted by Crippen LogP contribution is -2.20. The maximum absolute atomic E-state index is 12.6. The van der Waals surface area contributed by atoms with Gasteiger partial charge in [0.25, 0.3) is 5.56 Å². The van der Waals surface area contributed by atoms with Crippen LogP contribution in [0.5, 0.6) is 0 Å². The Morgan fingerprint density at radius 3 is 2.88 bits per heavy atom. The highest BCUT2D eigenvalue weighted by molar-refractivity contribution is 5.49. The van der Waals surface area contributed by atoms with E-state index in [4.69, 9.17) is 0 Å². The van der Waals surface area contributed by atoms with Crippen LogP contribution in [-0.2, 0) is 7.05 Å². The van der Waals surface area contributed by atoms with Gasteiger partial charge in [-0.3, -0.25) is 4.79 Å². The SMILES string of the molecule is Cn1ccnc(Nc2ccc(F)cn2)c1=O. The summed E-state index contributed by atoms with van der Waals surface area (Å²) in [4.78, 5) is 19.2. The molecule has 2 aromatic rings. The van der Waals surface area contributed by atoms with Crippen molar-refractivity contribution < 1.29 is 4.39 Å². The third kappa shape index (κ3) is 2.05. The molecule has 0 radical (unpaired) electrons. The second-order valence-electron chi connectivity index (χ2n) is 3.18. The van der Waals surface area contributed by atoms with Crippen LogP contribution in [0.25, 0.3) is 0 Å². The number of pyridine rings is 1. The fourth-order valence-corrected chi connectivity index (χ4v) is 1.15. The van der Waals surface area contributed by atoms with Crippen molar-refractivity contribution in [3.05, 3.63) is 46.9 Å². The zero-order valence-electron chi connectivity index (χ0n) is 8.51. The van der Waals surface area contributed by atoms with Crippen molar-refractivity contribution in [2.75, 3.05) is 5.32 Å². The zero-order valence-corrected chi connectivity index (χ0v) is 8.51. The molecule has 0 aliphatic carbocycles. The highest BCUT2D eigenvalue weighted by Crippen LogP contribution is 2.07. The molecular formula is C10H9FN4O. The quantitative estimate of drug-likeness (QED) is 0.822. The summed E-state index contributed by atoms with van der Waals surface area (Å²) < 4.78 is 14.0. The normalized spacial score (nSPS) is 10.1. The molecule has 0 aromatic carbocycles. The van der Waals surface area contributed by atoms with Gasteiger partial charge in [0, 0.05) is 19.4 Å². The Bertz CT molecular complexity index is 549. The van der Waals surface area contributed by atoms with Gasteiger partial charge in [-0.15, -0.1) is 0 Å². The van der Waals surface area contributed by atoms with E-state index < -0.39 is 5.82 Å². The molecule has 1 N–H and O–H groups in total. The minimum absolute atomic E-state index is 0.157. The molecule has 0 atom stereocenters. The molecule has 82 valence electrons. The Hall–Kier alpha value is -2.24. The molecule has 2 aromatic heterocycles. The van der Waals surface area contributed by atoms with Crippen molar-refractivity contribution in [1.29, 1.82) is 0 Å². The van der Waals surface area contributed by atoms with Crippen molar-refractivity contribution in [3.63, 3.8) is 0 Å². The van der Waals surface area contributed by atoms with E-state index in [-0.39, 0.29) is 11.4 Å². The van der Waals surface area contributed by atoms with Crippen molar-refractivity contribution in [2.24, 2.45) is 7.05 Å². The number of rotatable bonds is 2. The Balaban J connectivity index is 2.31. The zero-order chi connectivity index (χ0) is 11.5. The van der Waals surface area contributed by atoms with E-state index in [0.29, 0.717) is 5.82 Å². The van der Waals surface area contributed by atoms with E-state index >= 15 is 0 Å². The summed E-state index contributed by atoms with van der Waals surface area (Å²) in [6.45, 7) is 0.